The summed E-state index contributed by atoms with van der Waals surface area (Å²) in [7, 11) is 1.64. The molecule has 0 amide bonds. The highest BCUT2D eigenvalue weighted by Crippen LogP contribution is 2.27. The van der Waals surface area contributed by atoms with Gasteiger partial charge in [0.05, 0.1) is 12.1 Å². The third-order valence-corrected chi connectivity index (χ3v) is 2.93. The Bertz CT molecular complexity index is 337. The third-order valence-electron chi connectivity index (χ3n) is 2.62. The Morgan fingerprint density at radius 1 is 1.40 bits per heavy atom. The molecule has 1 saturated heterocycles. The lowest BCUT2D eigenvalue weighted by atomic mass is 10.1. The van der Waals surface area contributed by atoms with Gasteiger partial charge in [-0.2, -0.15) is 0 Å². The fourth-order valence-corrected chi connectivity index (χ4v) is 1.98. The third kappa shape index (κ3) is 2.43. The molecule has 4 heteroatoms. The van der Waals surface area contributed by atoms with Crippen LogP contribution in [0, 0.1) is 0 Å². The molecule has 0 bridgehead atoms. The standard InChI is InChI=1S/C11H15ClN2O/c1-15-11-6-8(2-3-9(11)12)10-7-13-4-5-14-10/h2-3,6,10,13-14H,4-5,7H2,1H3/t10-/m0/s1. The van der Waals surface area contributed by atoms with Crippen LogP contribution >= 0.6 is 11.6 Å². The lowest BCUT2D eigenvalue weighted by molar-refractivity contribution is 0.407. The molecule has 0 aromatic heterocycles. The first kappa shape index (κ1) is 10.7. The Morgan fingerprint density at radius 2 is 2.27 bits per heavy atom. The summed E-state index contributed by atoms with van der Waals surface area (Å²) in [5.74, 6) is 0.738. The van der Waals surface area contributed by atoms with Crippen LogP contribution in [0.15, 0.2) is 18.2 Å². The molecule has 82 valence electrons. The molecular weight excluding hydrogens is 212 g/mol. The maximum Gasteiger partial charge on any atom is 0.137 e. The molecule has 1 fully saturated rings. The van der Waals surface area contributed by atoms with Gasteiger partial charge in [0.25, 0.3) is 0 Å². The highest BCUT2D eigenvalue weighted by atomic mass is 35.5. The van der Waals surface area contributed by atoms with Crippen LogP contribution in [0.25, 0.3) is 0 Å². The molecule has 0 saturated carbocycles. The molecule has 1 aliphatic rings. The lowest BCUT2D eigenvalue weighted by Gasteiger charge is -2.25. The molecule has 1 atom stereocenters. The summed E-state index contributed by atoms with van der Waals surface area (Å²) in [6.07, 6.45) is 0. The van der Waals surface area contributed by atoms with Gasteiger partial charge in [-0.05, 0) is 17.7 Å². The minimum absolute atomic E-state index is 0.352. The van der Waals surface area contributed by atoms with Gasteiger partial charge in [-0.15, -0.1) is 0 Å². The summed E-state index contributed by atoms with van der Waals surface area (Å²) in [4.78, 5) is 0. The van der Waals surface area contributed by atoms with Crippen molar-refractivity contribution in [1.82, 2.24) is 10.6 Å². The van der Waals surface area contributed by atoms with Crippen LogP contribution in [0.4, 0.5) is 0 Å². The van der Waals surface area contributed by atoms with Crippen molar-refractivity contribution in [1.29, 1.82) is 0 Å². The number of rotatable bonds is 2. The van der Waals surface area contributed by atoms with Gasteiger partial charge in [-0.25, -0.2) is 0 Å². The Morgan fingerprint density at radius 3 is 2.93 bits per heavy atom. The molecule has 1 aliphatic heterocycles. The van der Waals surface area contributed by atoms with Crippen molar-refractivity contribution in [3.8, 4) is 5.75 Å². The molecule has 1 aromatic carbocycles. The van der Waals surface area contributed by atoms with E-state index in [0.29, 0.717) is 11.1 Å². The van der Waals surface area contributed by atoms with Crippen LogP contribution in [0.2, 0.25) is 5.02 Å². The van der Waals surface area contributed by atoms with E-state index in [1.54, 1.807) is 7.11 Å². The molecule has 2 rings (SSSR count). The summed E-state index contributed by atoms with van der Waals surface area (Å²) < 4.78 is 5.20. The van der Waals surface area contributed by atoms with E-state index in [1.807, 2.05) is 18.2 Å². The predicted molar refractivity (Wildman–Crippen MR) is 61.6 cm³/mol. The number of piperazine rings is 1. The monoisotopic (exact) mass is 226 g/mol. The first-order valence-electron chi connectivity index (χ1n) is 5.09. The number of benzene rings is 1. The highest BCUT2D eigenvalue weighted by molar-refractivity contribution is 6.32. The van der Waals surface area contributed by atoms with E-state index in [-0.39, 0.29) is 0 Å². The molecule has 0 spiro atoms. The summed E-state index contributed by atoms with van der Waals surface area (Å²) in [6.45, 7) is 2.97. The van der Waals surface area contributed by atoms with E-state index < -0.39 is 0 Å². The number of halogens is 1. The van der Waals surface area contributed by atoms with E-state index >= 15 is 0 Å². The number of methoxy groups -OCH3 is 1. The zero-order chi connectivity index (χ0) is 10.7. The first-order chi connectivity index (χ1) is 7.31. The van der Waals surface area contributed by atoms with Gasteiger partial charge >= 0.3 is 0 Å². The van der Waals surface area contributed by atoms with Crippen LogP contribution in [0.1, 0.15) is 11.6 Å². The minimum Gasteiger partial charge on any atom is -0.495 e. The first-order valence-corrected chi connectivity index (χ1v) is 5.46. The van der Waals surface area contributed by atoms with Crippen LogP contribution in [0.5, 0.6) is 5.75 Å². The van der Waals surface area contributed by atoms with Crippen molar-refractivity contribution in [3.63, 3.8) is 0 Å². The number of hydrogen-bond donors (Lipinski definition) is 2. The molecule has 2 N–H and O–H groups in total. The lowest BCUT2D eigenvalue weighted by Crippen LogP contribution is -2.42. The summed E-state index contributed by atoms with van der Waals surface area (Å²) in [6, 6.07) is 6.26. The second kappa shape index (κ2) is 4.84. The second-order valence-electron chi connectivity index (χ2n) is 3.60. The highest BCUT2D eigenvalue weighted by Gasteiger charge is 2.15. The average Bonchev–Trinajstić information content (AvgIpc) is 2.31. The molecule has 1 aromatic rings. The number of hydrogen-bond acceptors (Lipinski definition) is 3. The van der Waals surface area contributed by atoms with Gasteiger partial charge in [-0.3, -0.25) is 0 Å². The number of ether oxygens (including phenoxy) is 1. The SMILES string of the molecule is COc1cc([C@@H]2CNCCN2)ccc1Cl. The van der Waals surface area contributed by atoms with Crippen LogP contribution in [-0.2, 0) is 0 Å². The van der Waals surface area contributed by atoms with Crippen molar-refractivity contribution in [3.05, 3.63) is 28.8 Å². The summed E-state index contributed by atoms with van der Waals surface area (Å²) in [5.41, 5.74) is 1.21. The molecule has 0 aliphatic carbocycles. The Hall–Kier alpha value is -0.770. The van der Waals surface area contributed by atoms with E-state index in [1.165, 1.54) is 5.56 Å². The minimum atomic E-state index is 0.352. The van der Waals surface area contributed by atoms with Gasteiger partial charge in [0, 0.05) is 25.7 Å². The van der Waals surface area contributed by atoms with Crippen molar-refractivity contribution >= 4 is 11.6 Å². The molecule has 0 unspecified atom stereocenters. The van der Waals surface area contributed by atoms with Gasteiger partial charge in [0.15, 0.2) is 0 Å². The van der Waals surface area contributed by atoms with Crippen molar-refractivity contribution in [2.24, 2.45) is 0 Å². The smallest absolute Gasteiger partial charge is 0.137 e. The largest absolute Gasteiger partial charge is 0.495 e. The molecule has 1 heterocycles. The number of nitrogens with one attached hydrogen (secondary N) is 2. The van der Waals surface area contributed by atoms with Gasteiger partial charge in [-0.1, -0.05) is 17.7 Å². The molecule has 0 radical (unpaired) electrons. The quantitative estimate of drug-likeness (QED) is 0.804. The zero-order valence-electron chi connectivity index (χ0n) is 8.72. The normalized spacial score (nSPS) is 21.3. The topological polar surface area (TPSA) is 33.3 Å². The van der Waals surface area contributed by atoms with Crippen LogP contribution in [-0.4, -0.2) is 26.7 Å². The molecular formula is C11H15ClN2O. The Labute approximate surface area is 94.8 Å². The van der Waals surface area contributed by atoms with Gasteiger partial charge in [0.1, 0.15) is 5.75 Å². The van der Waals surface area contributed by atoms with Gasteiger partial charge in [0.2, 0.25) is 0 Å². The van der Waals surface area contributed by atoms with E-state index in [2.05, 4.69) is 10.6 Å². The molecule has 3 nitrogen and oxygen atoms in total. The maximum absolute atomic E-state index is 5.97. The summed E-state index contributed by atoms with van der Waals surface area (Å²) >= 11 is 5.97. The van der Waals surface area contributed by atoms with Gasteiger partial charge < -0.3 is 15.4 Å². The van der Waals surface area contributed by atoms with Crippen molar-refractivity contribution < 1.29 is 4.74 Å². The van der Waals surface area contributed by atoms with Crippen molar-refractivity contribution in [2.75, 3.05) is 26.7 Å². The van der Waals surface area contributed by atoms with Crippen LogP contribution < -0.4 is 15.4 Å². The van der Waals surface area contributed by atoms with E-state index in [9.17, 15) is 0 Å². The van der Waals surface area contributed by atoms with E-state index in [0.717, 1.165) is 25.4 Å². The fraction of sp³-hybridized carbons (Fsp3) is 0.455. The second-order valence-corrected chi connectivity index (χ2v) is 4.01. The summed E-state index contributed by atoms with van der Waals surface area (Å²) in [5, 5.41) is 7.45. The predicted octanol–water partition coefficient (Wildman–Crippen LogP) is 1.58. The Balaban J connectivity index is 2.20. The van der Waals surface area contributed by atoms with Crippen LogP contribution in [0.3, 0.4) is 0 Å². The van der Waals surface area contributed by atoms with E-state index in [4.69, 9.17) is 16.3 Å². The average molecular weight is 227 g/mol. The maximum atomic E-state index is 5.97. The van der Waals surface area contributed by atoms with Crippen molar-refractivity contribution in [2.45, 2.75) is 6.04 Å². The molecule has 15 heavy (non-hydrogen) atoms. The Kier molecular flexibility index (Phi) is 3.46. The fourth-order valence-electron chi connectivity index (χ4n) is 1.78. The zero-order valence-corrected chi connectivity index (χ0v) is 9.47.